The first-order valence-corrected chi connectivity index (χ1v) is 9.05. The van der Waals surface area contributed by atoms with E-state index in [1.54, 1.807) is 11.8 Å². The lowest BCUT2D eigenvalue weighted by atomic mass is 10.1. The first kappa shape index (κ1) is 20.8. The lowest BCUT2D eigenvalue weighted by Gasteiger charge is -2.24. The fourth-order valence-electron chi connectivity index (χ4n) is 2.52. The molecule has 9 heteroatoms. The van der Waals surface area contributed by atoms with E-state index < -0.39 is 15.8 Å². The van der Waals surface area contributed by atoms with Crippen molar-refractivity contribution in [1.29, 1.82) is 0 Å². The van der Waals surface area contributed by atoms with Gasteiger partial charge in [-0.2, -0.15) is 4.31 Å². The molecule has 1 unspecified atom stereocenters. The number of hydrogen-bond donors (Lipinski definition) is 1. The van der Waals surface area contributed by atoms with Gasteiger partial charge < -0.3 is 10.6 Å². The Balaban J connectivity index is 0.00000288. The summed E-state index contributed by atoms with van der Waals surface area (Å²) >= 11 is 0. The van der Waals surface area contributed by atoms with Crippen molar-refractivity contribution in [2.45, 2.75) is 18.2 Å². The molecule has 0 aromatic heterocycles. The van der Waals surface area contributed by atoms with E-state index in [0.717, 1.165) is 12.1 Å². The molecule has 1 saturated heterocycles. The van der Waals surface area contributed by atoms with Gasteiger partial charge in [0.2, 0.25) is 15.9 Å². The molecule has 1 aromatic carbocycles. The minimum atomic E-state index is -3.67. The summed E-state index contributed by atoms with van der Waals surface area (Å²) in [7, 11) is -3.67. The summed E-state index contributed by atoms with van der Waals surface area (Å²) in [5.41, 5.74) is 5.52. The van der Waals surface area contributed by atoms with Crippen LogP contribution in [0.4, 0.5) is 4.39 Å². The maximum atomic E-state index is 13.0. The van der Waals surface area contributed by atoms with E-state index in [-0.39, 0.29) is 42.2 Å². The van der Waals surface area contributed by atoms with Gasteiger partial charge >= 0.3 is 0 Å². The third-order valence-electron chi connectivity index (χ3n) is 3.99. The van der Waals surface area contributed by atoms with Crippen LogP contribution in [0.5, 0.6) is 0 Å². The van der Waals surface area contributed by atoms with Gasteiger partial charge in [-0.3, -0.25) is 4.79 Å². The summed E-state index contributed by atoms with van der Waals surface area (Å²) in [4.78, 5) is 13.9. The molecular formula is C15H23ClFN3O3S. The number of nitrogens with zero attached hydrogens (tertiary/aromatic N) is 2. The lowest BCUT2D eigenvalue weighted by molar-refractivity contribution is -0.134. The maximum Gasteiger partial charge on any atom is 0.243 e. The Kier molecular flexibility index (Phi) is 7.59. The predicted molar refractivity (Wildman–Crippen MR) is 91.8 cm³/mol. The van der Waals surface area contributed by atoms with Crippen LogP contribution in [0, 0.1) is 11.7 Å². The van der Waals surface area contributed by atoms with Crippen molar-refractivity contribution in [2.75, 3.05) is 32.7 Å². The van der Waals surface area contributed by atoms with E-state index in [9.17, 15) is 17.6 Å². The van der Waals surface area contributed by atoms with Crippen LogP contribution in [0.2, 0.25) is 0 Å². The molecule has 2 rings (SSSR count). The topological polar surface area (TPSA) is 83.7 Å². The zero-order chi connectivity index (χ0) is 17.0. The van der Waals surface area contributed by atoms with E-state index in [2.05, 4.69) is 0 Å². The van der Waals surface area contributed by atoms with Gasteiger partial charge in [-0.15, -0.1) is 12.4 Å². The largest absolute Gasteiger partial charge is 0.341 e. The number of halogens is 2. The molecular weight excluding hydrogens is 357 g/mol. The number of carbonyl (C=O) groups excluding carboxylic acids is 1. The van der Waals surface area contributed by atoms with Crippen LogP contribution in [0.3, 0.4) is 0 Å². The van der Waals surface area contributed by atoms with Crippen molar-refractivity contribution in [2.24, 2.45) is 11.7 Å². The van der Waals surface area contributed by atoms with E-state index in [1.165, 1.54) is 16.4 Å². The van der Waals surface area contributed by atoms with Gasteiger partial charge in [-0.1, -0.05) is 6.92 Å². The highest BCUT2D eigenvalue weighted by Crippen LogP contribution is 2.18. The van der Waals surface area contributed by atoms with Crippen molar-refractivity contribution >= 4 is 28.3 Å². The van der Waals surface area contributed by atoms with Crippen LogP contribution in [-0.2, 0) is 14.8 Å². The Morgan fingerprint density at radius 1 is 1.21 bits per heavy atom. The SMILES string of the molecule is CC(CN)C(=O)N1CCCN(S(=O)(=O)c2ccc(F)cc2)CC1.Cl. The number of nitrogens with two attached hydrogens (primary N) is 1. The van der Waals surface area contributed by atoms with Crippen LogP contribution < -0.4 is 5.73 Å². The van der Waals surface area contributed by atoms with Crippen LogP contribution >= 0.6 is 12.4 Å². The minimum Gasteiger partial charge on any atom is -0.341 e. The third-order valence-corrected chi connectivity index (χ3v) is 5.91. The zero-order valence-electron chi connectivity index (χ0n) is 13.5. The fraction of sp³-hybridized carbons (Fsp3) is 0.533. The molecule has 6 nitrogen and oxygen atoms in total. The Hall–Kier alpha value is -1.22. The number of sulfonamides is 1. The average molecular weight is 380 g/mol. The van der Waals surface area contributed by atoms with Crippen LogP contribution in [0.25, 0.3) is 0 Å². The Morgan fingerprint density at radius 3 is 2.42 bits per heavy atom. The zero-order valence-corrected chi connectivity index (χ0v) is 15.2. The van der Waals surface area contributed by atoms with Crippen molar-refractivity contribution in [3.63, 3.8) is 0 Å². The summed E-state index contributed by atoms with van der Waals surface area (Å²) in [5, 5.41) is 0. The highest BCUT2D eigenvalue weighted by molar-refractivity contribution is 7.89. The van der Waals surface area contributed by atoms with Crippen LogP contribution in [0.1, 0.15) is 13.3 Å². The van der Waals surface area contributed by atoms with Crippen molar-refractivity contribution < 1.29 is 17.6 Å². The highest BCUT2D eigenvalue weighted by Gasteiger charge is 2.29. The molecule has 0 radical (unpaired) electrons. The molecule has 0 spiro atoms. The van der Waals surface area contributed by atoms with Gasteiger partial charge in [0.1, 0.15) is 5.82 Å². The molecule has 2 N–H and O–H groups in total. The molecule has 1 atom stereocenters. The van der Waals surface area contributed by atoms with E-state index in [1.807, 2.05) is 0 Å². The third kappa shape index (κ3) is 4.66. The van der Waals surface area contributed by atoms with E-state index in [0.29, 0.717) is 26.1 Å². The second-order valence-electron chi connectivity index (χ2n) is 5.67. The maximum absolute atomic E-state index is 13.0. The second-order valence-corrected chi connectivity index (χ2v) is 7.61. The van der Waals surface area contributed by atoms with E-state index >= 15 is 0 Å². The lowest BCUT2D eigenvalue weighted by Crippen LogP contribution is -2.41. The minimum absolute atomic E-state index is 0. The number of carbonyl (C=O) groups is 1. The molecule has 0 bridgehead atoms. The normalized spacial score (nSPS) is 17.7. The van der Waals surface area contributed by atoms with Gasteiger partial charge in [-0.25, -0.2) is 12.8 Å². The van der Waals surface area contributed by atoms with Gasteiger partial charge in [-0.05, 0) is 30.7 Å². The summed E-state index contributed by atoms with van der Waals surface area (Å²) in [6, 6.07) is 4.77. The molecule has 1 fully saturated rings. The molecule has 1 aromatic rings. The number of hydrogen-bond acceptors (Lipinski definition) is 4. The van der Waals surface area contributed by atoms with Gasteiger partial charge in [0.15, 0.2) is 0 Å². The van der Waals surface area contributed by atoms with Gasteiger partial charge in [0, 0.05) is 38.6 Å². The molecule has 136 valence electrons. The van der Waals surface area contributed by atoms with Crippen molar-refractivity contribution in [3.8, 4) is 0 Å². The predicted octanol–water partition coefficient (Wildman–Crippen LogP) is 1.07. The van der Waals surface area contributed by atoms with Crippen LogP contribution in [0.15, 0.2) is 29.2 Å². The molecule has 0 saturated carbocycles. The Bertz CT molecular complexity index is 654. The molecule has 1 amide bonds. The molecule has 1 aliphatic heterocycles. The second kappa shape index (κ2) is 8.75. The highest BCUT2D eigenvalue weighted by atomic mass is 35.5. The van der Waals surface area contributed by atoms with Crippen LogP contribution in [-0.4, -0.2) is 56.3 Å². The molecule has 1 aliphatic rings. The first-order chi connectivity index (χ1) is 10.9. The summed E-state index contributed by atoms with van der Waals surface area (Å²) < 4.78 is 39.5. The van der Waals surface area contributed by atoms with E-state index in [4.69, 9.17) is 5.73 Å². The smallest absolute Gasteiger partial charge is 0.243 e. The number of rotatable bonds is 4. The molecule has 24 heavy (non-hydrogen) atoms. The van der Waals surface area contributed by atoms with Gasteiger partial charge in [0.25, 0.3) is 0 Å². The number of amides is 1. The number of benzene rings is 1. The summed E-state index contributed by atoms with van der Waals surface area (Å²) in [6.07, 6.45) is 0.559. The standard InChI is InChI=1S/C15H22FN3O3S.ClH/c1-12(11-17)15(20)18-7-2-8-19(10-9-18)23(21,22)14-5-3-13(16)4-6-14;/h3-6,12H,2,7-11,17H2,1H3;1H. The molecule has 0 aliphatic carbocycles. The summed E-state index contributed by atoms with van der Waals surface area (Å²) in [5.74, 6) is -0.795. The van der Waals surface area contributed by atoms with Crippen molar-refractivity contribution in [3.05, 3.63) is 30.1 Å². The first-order valence-electron chi connectivity index (χ1n) is 7.61. The summed E-state index contributed by atoms with van der Waals surface area (Å²) in [6.45, 7) is 3.44. The van der Waals surface area contributed by atoms with Gasteiger partial charge in [0.05, 0.1) is 4.90 Å². The quantitative estimate of drug-likeness (QED) is 0.848. The Morgan fingerprint density at radius 2 is 1.83 bits per heavy atom. The fourth-order valence-corrected chi connectivity index (χ4v) is 3.99. The monoisotopic (exact) mass is 379 g/mol. The Labute approximate surface area is 148 Å². The average Bonchev–Trinajstić information content (AvgIpc) is 2.80. The molecule has 1 heterocycles. The van der Waals surface area contributed by atoms with Crippen molar-refractivity contribution in [1.82, 2.24) is 9.21 Å².